The van der Waals surface area contributed by atoms with E-state index in [9.17, 15) is 5.11 Å². The first kappa shape index (κ1) is 13.4. The van der Waals surface area contributed by atoms with Gasteiger partial charge < -0.3 is 10.8 Å². The standard InChI is InChI=1S/C15H29NO/c1-3-4-5-8-14(2,17)15(11-16)10-12-6-7-13(15)9-12/h12-13,17H,3-11,16H2,1-2H3. The van der Waals surface area contributed by atoms with Crippen LogP contribution in [-0.4, -0.2) is 17.3 Å². The summed E-state index contributed by atoms with van der Waals surface area (Å²) in [6.45, 7) is 4.94. The lowest BCUT2D eigenvalue weighted by molar-refractivity contribution is -0.103. The molecule has 2 heteroatoms. The summed E-state index contributed by atoms with van der Waals surface area (Å²) in [4.78, 5) is 0. The minimum absolute atomic E-state index is 0.0314. The highest BCUT2D eigenvalue weighted by atomic mass is 16.3. The summed E-state index contributed by atoms with van der Waals surface area (Å²) in [6.07, 6.45) is 9.68. The minimum Gasteiger partial charge on any atom is -0.390 e. The van der Waals surface area contributed by atoms with E-state index in [-0.39, 0.29) is 5.41 Å². The van der Waals surface area contributed by atoms with Gasteiger partial charge in [0.15, 0.2) is 0 Å². The topological polar surface area (TPSA) is 46.2 Å². The van der Waals surface area contributed by atoms with Crippen molar-refractivity contribution in [3.63, 3.8) is 0 Å². The SMILES string of the molecule is CCCCCC(C)(O)C1(CN)CC2CCC1C2. The van der Waals surface area contributed by atoms with Crippen molar-refractivity contribution in [1.29, 1.82) is 0 Å². The second-order valence-corrected chi connectivity index (χ2v) is 6.67. The zero-order chi connectivity index (χ0) is 12.5. The van der Waals surface area contributed by atoms with Crippen LogP contribution < -0.4 is 5.73 Å². The normalized spacial score (nSPS) is 39.5. The molecule has 4 atom stereocenters. The van der Waals surface area contributed by atoms with Gasteiger partial charge in [0.25, 0.3) is 0 Å². The van der Waals surface area contributed by atoms with Crippen molar-refractivity contribution in [1.82, 2.24) is 0 Å². The summed E-state index contributed by atoms with van der Waals surface area (Å²) in [5.41, 5.74) is 5.57. The monoisotopic (exact) mass is 239 g/mol. The van der Waals surface area contributed by atoms with E-state index < -0.39 is 5.60 Å². The van der Waals surface area contributed by atoms with Crippen molar-refractivity contribution in [3.8, 4) is 0 Å². The van der Waals surface area contributed by atoms with Crippen LogP contribution in [0.25, 0.3) is 0 Å². The van der Waals surface area contributed by atoms with Gasteiger partial charge in [0.2, 0.25) is 0 Å². The maximum atomic E-state index is 10.9. The summed E-state index contributed by atoms with van der Waals surface area (Å²) in [5, 5.41) is 10.9. The molecule has 0 spiro atoms. The van der Waals surface area contributed by atoms with Crippen LogP contribution in [-0.2, 0) is 0 Å². The maximum Gasteiger partial charge on any atom is 0.0690 e. The average molecular weight is 239 g/mol. The Morgan fingerprint density at radius 1 is 1.35 bits per heavy atom. The van der Waals surface area contributed by atoms with Crippen LogP contribution in [0, 0.1) is 17.3 Å². The molecule has 0 heterocycles. The Hall–Kier alpha value is -0.0800. The number of fused-ring (bicyclic) bond motifs is 2. The molecule has 3 N–H and O–H groups in total. The van der Waals surface area contributed by atoms with Crippen molar-refractivity contribution >= 4 is 0 Å². The predicted octanol–water partition coefficient (Wildman–Crippen LogP) is 3.08. The van der Waals surface area contributed by atoms with E-state index in [0.29, 0.717) is 12.5 Å². The number of hydrogen-bond acceptors (Lipinski definition) is 2. The summed E-state index contributed by atoms with van der Waals surface area (Å²) < 4.78 is 0. The molecule has 4 unspecified atom stereocenters. The lowest BCUT2D eigenvalue weighted by atomic mass is 9.61. The number of aliphatic hydroxyl groups is 1. The Labute approximate surface area is 106 Å². The second-order valence-electron chi connectivity index (χ2n) is 6.67. The second kappa shape index (κ2) is 4.89. The first-order chi connectivity index (χ1) is 8.05. The minimum atomic E-state index is -0.545. The molecule has 2 rings (SSSR count). The Morgan fingerprint density at radius 3 is 2.59 bits per heavy atom. The zero-order valence-corrected chi connectivity index (χ0v) is 11.5. The molecule has 0 saturated heterocycles. The van der Waals surface area contributed by atoms with Crippen molar-refractivity contribution in [2.24, 2.45) is 23.0 Å². The van der Waals surface area contributed by atoms with E-state index in [2.05, 4.69) is 13.8 Å². The van der Waals surface area contributed by atoms with E-state index in [0.717, 1.165) is 18.8 Å². The molecule has 0 aromatic carbocycles. The molecule has 2 bridgehead atoms. The van der Waals surface area contributed by atoms with Crippen LogP contribution in [0.1, 0.15) is 65.2 Å². The van der Waals surface area contributed by atoms with E-state index in [4.69, 9.17) is 5.73 Å². The molecule has 100 valence electrons. The lowest BCUT2D eigenvalue weighted by Gasteiger charge is -2.48. The van der Waals surface area contributed by atoms with E-state index in [1.807, 2.05) is 0 Å². The van der Waals surface area contributed by atoms with E-state index >= 15 is 0 Å². The Balaban J connectivity index is 2.06. The van der Waals surface area contributed by atoms with Crippen LogP contribution in [0.4, 0.5) is 0 Å². The molecule has 0 aromatic rings. The first-order valence-corrected chi connectivity index (χ1v) is 7.48. The van der Waals surface area contributed by atoms with Gasteiger partial charge in [-0.2, -0.15) is 0 Å². The molecule has 2 saturated carbocycles. The largest absolute Gasteiger partial charge is 0.390 e. The molecule has 0 radical (unpaired) electrons. The van der Waals surface area contributed by atoms with Crippen molar-refractivity contribution < 1.29 is 5.11 Å². The third-order valence-corrected chi connectivity index (χ3v) is 5.68. The molecule has 2 nitrogen and oxygen atoms in total. The molecule has 2 fully saturated rings. The van der Waals surface area contributed by atoms with Gasteiger partial charge >= 0.3 is 0 Å². The number of hydrogen-bond donors (Lipinski definition) is 2. The van der Waals surface area contributed by atoms with Gasteiger partial charge in [-0.1, -0.05) is 32.6 Å². The first-order valence-electron chi connectivity index (χ1n) is 7.48. The fourth-order valence-electron chi connectivity index (χ4n) is 4.54. The Kier molecular flexibility index (Phi) is 3.84. The van der Waals surface area contributed by atoms with Crippen molar-refractivity contribution in [2.75, 3.05) is 6.54 Å². The maximum absolute atomic E-state index is 10.9. The number of unbranched alkanes of at least 4 members (excludes halogenated alkanes) is 2. The molecule has 0 amide bonds. The fourth-order valence-corrected chi connectivity index (χ4v) is 4.54. The van der Waals surface area contributed by atoms with Gasteiger partial charge in [-0.25, -0.2) is 0 Å². The van der Waals surface area contributed by atoms with Crippen LogP contribution in [0.2, 0.25) is 0 Å². The van der Waals surface area contributed by atoms with Gasteiger partial charge in [-0.3, -0.25) is 0 Å². The molecular weight excluding hydrogens is 210 g/mol. The highest BCUT2D eigenvalue weighted by Gasteiger charge is 2.58. The van der Waals surface area contributed by atoms with Crippen molar-refractivity contribution in [2.45, 2.75) is 70.8 Å². The van der Waals surface area contributed by atoms with Gasteiger partial charge in [-0.05, 0) is 44.4 Å². The summed E-state index contributed by atoms with van der Waals surface area (Å²) in [5.74, 6) is 1.54. The molecular formula is C15H29NO. The quantitative estimate of drug-likeness (QED) is 0.700. The van der Waals surface area contributed by atoms with Gasteiger partial charge in [0, 0.05) is 12.0 Å². The van der Waals surface area contributed by atoms with Crippen LogP contribution in [0.15, 0.2) is 0 Å². The van der Waals surface area contributed by atoms with Gasteiger partial charge in [0.1, 0.15) is 0 Å². The van der Waals surface area contributed by atoms with Crippen LogP contribution in [0.3, 0.4) is 0 Å². The lowest BCUT2D eigenvalue weighted by Crippen LogP contribution is -2.53. The van der Waals surface area contributed by atoms with Gasteiger partial charge in [0.05, 0.1) is 5.60 Å². The van der Waals surface area contributed by atoms with Crippen LogP contribution >= 0.6 is 0 Å². The average Bonchev–Trinajstić information content (AvgIpc) is 2.89. The molecule has 2 aliphatic carbocycles. The molecule has 0 aromatic heterocycles. The number of nitrogens with two attached hydrogens (primary N) is 1. The Bertz CT molecular complexity index is 264. The summed E-state index contributed by atoms with van der Waals surface area (Å²) >= 11 is 0. The highest BCUT2D eigenvalue weighted by molar-refractivity contribution is 5.09. The van der Waals surface area contributed by atoms with E-state index in [1.54, 1.807) is 0 Å². The predicted molar refractivity (Wildman–Crippen MR) is 71.7 cm³/mol. The van der Waals surface area contributed by atoms with E-state index in [1.165, 1.54) is 38.5 Å². The highest BCUT2D eigenvalue weighted by Crippen LogP contribution is 2.60. The van der Waals surface area contributed by atoms with Crippen molar-refractivity contribution in [3.05, 3.63) is 0 Å². The van der Waals surface area contributed by atoms with Crippen LogP contribution in [0.5, 0.6) is 0 Å². The molecule has 17 heavy (non-hydrogen) atoms. The fraction of sp³-hybridized carbons (Fsp3) is 1.00. The number of rotatable bonds is 6. The zero-order valence-electron chi connectivity index (χ0n) is 11.5. The Morgan fingerprint density at radius 2 is 2.12 bits per heavy atom. The summed E-state index contributed by atoms with van der Waals surface area (Å²) in [7, 11) is 0. The third kappa shape index (κ3) is 2.15. The summed E-state index contributed by atoms with van der Waals surface area (Å²) in [6, 6.07) is 0. The molecule has 2 aliphatic rings. The third-order valence-electron chi connectivity index (χ3n) is 5.68. The van der Waals surface area contributed by atoms with Gasteiger partial charge in [-0.15, -0.1) is 0 Å². The smallest absolute Gasteiger partial charge is 0.0690 e. The molecule has 0 aliphatic heterocycles.